The standard InChI is InChI=1S/C13H18F2O2/c1-3-8(4-2)12(16)13(17)9-5-6-10(14)11(15)7-9/h5-8,12-13,16-17H,3-4H2,1-2H3. The fraction of sp³-hybridized carbons (Fsp3) is 0.538. The Kier molecular flexibility index (Phi) is 5.02. The Hall–Kier alpha value is -1.00. The molecule has 0 saturated carbocycles. The van der Waals surface area contributed by atoms with Gasteiger partial charge in [-0.1, -0.05) is 32.8 Å². The normalized spacial score (nSPS) is 15.0. The van der Waals surface area contributed by atoms with Crippen molar-refractivity contribution in [1.82, 2.24) is 0 Å². The van der Waals surface area contributed by atoms with Crippen LogP contribution in [0, 0.1) is 17.6 Å². The molecule has 0 bridgehead atoms. The molecule has 0 aliphatic carbocycles. The minimum absolute atomic E-state index is 0.0573. The van der Waals surface area contributed by atoms with Gasteiger partial charge in [-0.15, -0.1) is 0 Å². The summed E-state index contributed by atoms with van der Waals surface area (Å²) < 4.78 is 25.7. The lowest BCUT2D eigenvalue weighted by Gasteiger charge is -2.25. The molecule has 0 aliphatic rings. The van der Waals surface area contributed by atoms with Crippen LogP contribution in [0.4, 0.5) is 8.78 Å². The predicted octanol–water partition coefficient (Wildman–Crippen LogP) is 2.80. The molecule has 2 unspecified atom stereocenters. The van der Waals surface area contributed by atoms with Crippen LogP contribution < -0.4 is 0 Å². The monoisotopic (exact) mass is 244 g/mol. The van der Waals surface area contributed by atoms with E-state index in [0.717, 1.165) is 25.0 Å². The largest absolute Gasteiger partial charge is 0.390 e. The average Bonchev–Trinajstić information content (AvgIpc) is 2.33. The molecule has 17 heavy (non-hydrogen) atoms. The van der Waals surface area contributed by atoms with E-state index in [-0.39, 0.29) is 11.5 Å². The molecule has 0 aromatic heterocycles. The molecular formula is C13H18F2O2. The highest BCUT2D eigenvalue weighted by molar-refractivity contribution is 5.21. The molecule has 4 heteroatoms. The Labute approximate surface area is 99.9 Å². The molecule has 0 fully saturated rings. The van der Waals surface area contributed by atoms with Gasteiger partial charge in [0.25, 0.3) is 0 Å². The number of halogens is 2. The molecule has 2 N–H and O–H groups in total. The minimum Gasteiger partial charge on any atom is -0.390 e. The molecule has 1 rings (SSSR count). The summed E-state index contributed by atoms with van der Waals surface area (Å²) in [4.78, 5) is 0. The Morgan fingerprint density at radius 2 is 1.65 bits per heavy atom. The number of rotatable bonds is 5. The zero-order valence-electron chi connectivity index (χ0n) is 10.0. The van der Waals surface area contributed by atoms with Crippen molar-refractivity contribution in [2.75, 3.05) is 0 Å². The van der Waals surface area contributed by atoms with E-state index in [9.17, 15) is 19.0 Å². The van der Waals surface area contributed by atoms with Crippen molar-refractivity contribution in [3.63, 3.8) is 0 Å². The van der Waals surface area contributed by atoms with Crippen LogP contribution in [0.15, 0.2) is 18.2 Å². The van der Waals surface area contributed by atoms with Crippen LogP contribution in [0.2, 0.25) is 0 Å². The van der Waals surface area contributed by atoms with Gasteiger partial charge in [-0.25, -0.2) is 8.78 Å². The Morgan fingerprint density at radius 1 is 1.06 bits per heavy atom. The smallest absolute Gasteiger partial charge is 0.159 e. The highest BCUT2D eigenvalue weighted by Crippen LogP contribution is 2.26. The fourth-order valence-corrected chi connectivity index (χ4v) is 1.92. The van der Waals surface area contributed by atoms with Crippen molar-refractivity contribution in [1.29, 1.82) is 0 Å². The van der Waals surface area contributed by atoms with Gasteiger partial charge in [0.1, 0.15) is 6.10 Å². The minimum atomic E-state index is -1.19. The van der Waals surface area contributed by atoms with E-state index in [2.05, 4.69) is 0 Å². The first kappa shape index (κ1) is 14.1. The third-order valence-electron chi connectivity index (χ3n) is 3.14. The Bertz CT molecular complexity index is 364. The maximum atomic E-state index is 13.0. The second-order valence-electron chi connectivity index (χ2n) is 4.19. The van der Waals surface area contributed by atoms with Crippen molar-refractivity contribution < 1.29 is 19.0 Å². The average molecular weight is 244 g/mol. The molecule has 0 amide bonds. The first-order chi connectivity index (χ1) is 8.01. The maximum Gasteiger partial charge on any atom is 0.159 e. The van der Waals surface area contributed by atoms with Gasteiger partial charge in [-0.2, -0.15) is 0 Å². The molecule has 0 radical (unpaired) electrons. The molecular weight excluding hydrogens is 226 g/mol. The van der Waals surface area contributed by atoms with E-state index in [4.69, 9.17) is 0 Å². The second kappa shape index (κ2) is 6.07. The van der Waals surface area contributed by atoms with Crippen LogP contribution in [0.25, 0.3) is 0 Å². The summed E-state index contributed by atoms with van der Waals surface area (Å²) in [6.45, 7) is 3.82. The van der Waals surface area contributed by atoms with Gasteiger partial charge in [0, 0.05) is 0 Å². The number of aliphatic hydroxyl groups excluding tert-OH is 2. The molecule has 1 aromatic rings. The lowest BCUT2D eigenvalue weighted by molar-refractivity contribution is -0.0211. The van der Waals surface area contributed by atoms with E-state index < -0.39 is 23.8 Å². The molecule has 2 nitrogen and oxygen atoms in total. The van der Waals surface area contributed by atoms with E-state index in [1.165, 1.54) is 6.07 Å². The number of aliphatic hydroxyl groups is 2. The van der Waals surface area contributed by atoms with E-state index in [1.807, 2.05) is 13.8 Å². The first-order valence-electron chi connectivity index (χ1n) is 5.82. The van der Waals surface area contributed by atoms with Crippen molar-refractivity contribution in [3.05, 3.63) is 35.4 Å². The zero-order valence-corrected chi connectivity index (χ0v) is 10.0. The summed E-state index contributed by atoms with van der Waals surface area (Å²) in [5.41, 5.74) is 0.198. The fourth-order valence-electron chi connectivity index (χ4n) is 1.92. The van der Waals surface area contributed by atoms with Gasteiger partial charge in [-0.05, 0) is 23.6 Å². The maximum absolute atomic E-state index is 13.0. The third kappa shape index (κ3) is 3.23. The molecule has 2 atom stereocenters. The van der Waals surface area contributed by atoms with Crippen molar-refractivity contribution in [2.24, 2.45) is 5.92 Å². The van der Waals surface area contributed by atoms with Gasteiger partial charge in [-0.3, -0.25) is 0 Å². The summed E-state index contributed by atoms with van der Waals surface area (Å²) in [6, 6.07) is 3.16. The lowest BCUT2D eigenvalue weighted by Crippen LogP contribution is -2.27. The van der Waals surface area contributed by atoms with Crippen LogP contribution in [0.1, 0.15) is 38.4 Å². The molecule has 0 saturated heterocycles. The van der Waals surface area contributed by atoms with Crippen molar-refractivity contribution in [3.8, 4) is 0 Å². The summed E-state index contributed by atoms with van der Waals surface area (Å²) in [5.74, 6) is -2.03. The highest BCUT2D eigenvalue weighted by Gasteiger charge is 2.25. The Morgan fingerprint density at radius 3 is 2.12 bits per heavy atom. The topological polar surface area (TPSA) is 40.5 Å². The number of hydrogen-bond acceptors (Lipinski definition) is 2. The zero-order chi connectivity index (χ0) is 13.0. The molecule has 0 aliphatic heterocycles. The number of hydrogen-bond donors (Lipinski definition) is 2. The van der Waals surface area contributed by atoms with Gasteiger partial charge in [0.15, 0.2) is 11.6 Å². The van der Waals surface area contributed by atoms with Gasteiger partial charge in [0.2, 0.25) is 0 Å². The summed E-state index contributed by atoms with van der Waals surface area (Å²) >= 11 is 0. The van der Waals surface area contributed by atoms with Crippen LogP contribution in [0.3, 0.4) is 0 Å². The Balaban J connectivity index is 2.87. The summed E-state index contributed by atoms with van der Waals surface area (Å²) in [6.07, 6.45) is -0.707. The van der Waals surface area contributed by atoms with Crippen LogP contribution >= 0.6 is 0 Å². The molecule has 0 heterocycles. The third-order valence-corrected chi connectivity index (χ3v) is 3.14. The van der Waals surface area contributed by atoms with E-state index in [1.54, 1.807) is 0 Å². The predicted molar refractivity (Wildman–Crippen MR) is 61.4 cm³/mol. The molecule has 96 valence electrons. The van der Waals surface area contributed by atoms with E-state index in [0.29, 0.717) is 0 Å². The van der Waals surface area contributed by atoms with Crippen molar-refractivity contribution >= 4 is 0 Å². The number of benzene rings is 1. The SMILES string of the molecule is CCC(CC)C(O)C(O)c1ccc(F)c(F)c1. The van der Waals surface area contributed by atoms with Gasteiger partial charge in [0.05, 0.1) is 6.10 Å². The van der Waals surface area contributed by atoms with Crippen LogP contribution in [-0.2, 0) is 0 Å². The molecule has 1 aromatic carbocycles. The summed E-state index contributed by atoms with van der Waals surface area (Å²) in [5, 5.41) is 19.8. The quantitative estimate of drug-likeness (QED) is 0.836. The highest BCUT2D eigenvalue weighted by atomic mass is 19.2. The summed E-state index contributed by atoms with van der Waals surface area (Å²) in [7, 11) is 0. The first-order valence-corrected chi connectivity index (χ1v) is 5.82. The second-order valence-corrected chi connectivity index (χ2v) is 4.19. The van der Waals surface area contributed by atoms with Crippen LogP contribution in [0.5, 0.6) is 0 Å². The van der Waals surface area contributed by atoms with Crippen LogP contribution in [-0.4, -0.2) is 16.3 Å². The van der Waals surface area contributed by atoms with E-state index >= 15 is 0 Å². The van der Waals surface area contributed by atoms with Gasteiger partial charge < -0.3 is 10.2 Å². The van der Waals surface area contributed by atoms with Gasteiger partial charge >= 0.3 is 0 Å². The lowest BCUT2D eigenvalue weighted by atomic mass is 9.90. The van der Waals surface area contributed by atoms with Crippen molar-refractivity contribution in [2.45, 2.75) is 38.9 Å². The molecule has 0 spiro atoms.